The first-order valence-electron chi connectivity index (χ1n) is 12.6. The lowest BCUT2D eigenvalue weighted by Gasteiger charge is -2.24. The van der Waals surface area contributed by atoms with Crippen LogP contribution in [0.5, 0.6) is 0 Å². The van der Waals surface area contributed by atoms with Gasteiger partial charge in [-0.3, -0.25) is 14.6 Å². The number of benzene rings is 3. The molecule has 0 saturated heterocycles. The molecule has 36 heavy (non-hydrogen) atoms. The average Bonchev–Trinajstić information content (AvgIpc) is 3.23. The normalized spacial score (nSPS) is 19.4. The van der Waals surface area contributed by atoms with Crippen LogP contribution < -0.4 is 15.5 Å². The summed E-state index contributed by atoms with van der Waals surface area (Å²) in [7, 11) is 2.01. The summed E-state index contributed by atoms with van der Waals surface area (Å²) in [6.07, 6.45) is 1.92. The lowest BCUT2D eigenvalue weighted by molar-refractivity contribution is -0.129. The second-order valence-corrected chi connectivity index (χ2v) is 9.69. The van der Waals surface area contributed by atoms with Crippen LogP contribution in [0.4, 0.5) is 5.69 Å². The number of nitrogens with zero attached hydrogens (tertiary/aromatic N) is 2. The van der Waals surface area contributed by atoms with Crippen molar-refractivity contribution in [3.63, 3.8) is 0 Å². The van der Waals surface area contributed by atoms with E-state index in [4.69, 9.17) is 4.99 Å². The zero-order chi connectivity index (χ0) is 25.1. The molecule has 3 aromatic carbocycles. The molecule has 3 atom stereocenters. The molecule has 2 N–H and O–H groups in total. The van der Waals surface area contributed by atoms with E-state index in [1.807, 2.05) is 61.6 Å². The minimum Gasteiger partial charge on any atom is -0.370 e. The van der Waals surface area contributed by atoms with Crippen LogP contribution in [0.1, 0.15) is 47.9 Å². The van der Waals surface area contributed by atoms with Crippen molar-refractivity contribution in [2.24, 2.45) is 4.99 Å². The van der Waals surface area contributed by atoms with E-state index >= 15 is 0 Å². The highest BCUT2D eigenvalue weighted by Crippen LogP contribution is 2.35. The number of benzodiazepines with no additional fused rings is 1. The van der Waals surface area contributed by atoms with Gasteiger partial charge in [0, 0.05) is 30.3 Å². The first-order chi connectivity index (χ1) is 17.5. The molecule has 0 aromatic heterocycles. The number of carbonyl (C=O) groups is 2. The van der Waals surface area contributed by atoms with Crippen molar-refractivity contribution >= 4 is 23.2 Å². The fourth-order valence-electron chi connectivity index (χ4n) is 5.27. The molecular formula is C30H32N4O2. The summed E-state index contributed by atoms with van der Waals surface area (Å²) >= 11 is 0. The van der Waals surface area contributed by atoms with E-state index in [0.717, 1.165) is 35.4 Å². The second kappa shape index (κ2) is 10.4. The lowest BCUT2D eigenvalue weighted by Crippen LogP contribution is -2.50. The van der Waals surface area contributed by atoms with Gasteiger partial charge in [0.05, 0.1) is 12.3 Å². The van der Waals surface area contributed by atoms with Crippen molar-refractivity contribution in [2.75, 3.05) is 18.5 Å². The maximum atomic E-state index is 13.1. The number of anilines is 1. The fraction of sp³-hybridized carbons (Fsp3) is 0.300. The molecule has 1 aliphatic heterocycles. The molecule has 5 rings (SSSR count). The van der Waals surface area contributed by atoms with Crippen LogP contribution in [0.3, 0.4) is 0 Å². The first kappa shape index (κ1) is 23.8. The lowest BCUT2D eigenvalue weighted by atomic mass is 9.97. The molecule has 1 aliphatic carbocycles. The van der Waals surface area contributed by atoms with Crippen molar-refractivity contribution in [2.45, 2.75) is 44.3 Å². The minimum absolute atomic E-state index is 0.0989. The Kier molecular flexibility index (Phi) is 6.85. The fourth-order valence-corrected chi connectivity index (χ4v) is 5.27. The predicted octanol–water partition coefficient (Wildman–Crippen LogP) is 4.04. The van der Waals surface area contributed by atoms with Crippen molar-refractivity contribution < 1.29 is 9.59 Å². The SMILES string of the molecule is CC(NC(=O)CC1CCc2ccccc21)C(=O)N[C@@H]1CN(C)c2ccccc2C(c2ccccc2)=N1. The maximum absolute atomic E-state index is 13.1. The van der Waals surface area contributed by atoms with Crippen LogP contribution in [-0.4, -0.2) is 43.3 Å². The summed E-state index contributed by atoms with van der Waals surface area (Å²) in [5.41, 5.74) is 6.52. The van der Waals surface area contributed by atoms with Gasteiger partial charge in [-0.2, -0.15) is 0 Å². The maximum Gasteiger partial charge on any atom is 0.243 e. The highest BCUT2D eigenvalue weighted by molar-refractivity contribution is 6.16. The van der Waals surface area contributed by atoms with Crippen molar-refractivity contribution in [3.05, 3.63) is 101 Å². The van der Waals surface area contributed by atoms with E-state index < -0.39 is 12.2 Å². The van der Waals surface area contributed by atoms with Gasteiger partial charge in [-0.25, -0.2) is 0 Å². The molecule has 2 unspecified atom stereocenters. The number of rotatable bonds is 6. The topological polar surface area (TPSA) is 73.8 Å². The molecule has 0 bridgehead atoms. The van der Waals surface area contributed by atoms with Crippen LogP contribution in [0.25, 0.3) is 0 Å². The average molecular weight is 481 g/mol. The molecule has 184 valence electrons. The molecule has 6 heteroatoms. The third-order valence-corrected chi connectivity index (χ3v) is 7.12. The number of para-hydroxylation sites is 1. The Labute approximate surface area is 212 Å². The number of hydrogen-bond acceptors (Lipinski definition) is 4. The highest BCUT2D eigenvalue weighted by Gasteiger charge is 2.28. The van der Waals surface area contributed by atoms with Gasteiger partial charge in [-0.05, 0) is 42.9 Å². The van der Waals surface area contributed by atoms with Crippen LogP contribution in [0, 0.1) is 0 Å². The van der Waals surface area contributed by atoms with E-state index in [0.29, 0.717) is 13.0 Å². The van der Waals surface area contributed by atoms with E-state index in [-0.39, 0.29) is 17.7 Å². The van der Waals surface area contributed by atoms with Gasteiger partial charge in [0.15, 0.2) is 0 Å². The number of likely N-dealkylation sites (N-methyl/N-ethyl adjacent to an activating group) is 1. The predicted molar refractivity (Wildman–Crippen MR) is 143 cm³/mol. The smallest absolute Gasteiger partial charge is 0.243 e. The summed E-state index contributed by atoms with van der Waals surface area (Å²) < 4.78 is 0. The highest BCUT2D eigenvalue weighted by atomic mass is 16.2. The summed E-state index contributed by atoms with van der Waals surface area (Å²) in [5, 5.41) is 5.96. The summed E-state index contributed by atoms with van der Waals surface area (Å²) in [6, 6.07) is 25.8. The first-order valence-corrected chi connectivity index (χ1v) is 12.6. The molecule has 0 saturated carbocycles. The van der Waals surface area contributed by atoms with Gasteiger partial charge in [0.25, 0.3) is 0 Å². The largest absolute Gasteiger partial charge is 0.370 e. The number of carbonyl (C=O) groups excluding carboxylic acids is 2. The zero-order valence-electron chi connectivity index (χ0n) is 20.8. The van der Waals surface area contributed by atoms with Gasteiger partial charge < -0.3 is 15.5 Å². The third kappa shape index (κ3) is 5.03. The van der Waals surface area contributed by atoms with Crippen LogP contribution >= 0.6 is 0 Å². The number of aliphatic imine (C=N–C) groups is 1. The summed E-state index contributed by atoms with van der Waals surface area (Å²) in [4.78, 5) is 33.0. The molecule has 3 aromatic rings. The molecule has 6 nitrogen and oxygen atoms in total. The standard InChI is InChI=1S/C30H32N4O2/c1-20(31-28(35)18-23-17-16-21-10-6-7-13-24(21)23)30(36)33-27-19-34(2)26-15-9-8-14-25(26)29(32-27)22-11-4-3-5-12-22/h3-15,20,23,27H,16-19H2,1-2H3,(H,31,35)(H,33,36)/t20?,23?,27-/m1/s1. The molecule has 0 spiro atoms. The monoisotopic (exact) mass is 480 g/mol. The van der Waals surface area contributed by atoms with E-state index in [9.17, 15) is 9.59 Å². The van der Waals surface area contributed by atoms with Crippen molar-refractivity contribution in [3.8, 4) is 0 Å². The molecule has 1 heterocycles. The third-order valence-electron chi connectivity index (χ3n) is 7.12. The zero-order valence-corrected chi connectivity index (χ0v) is 20.8. The van der Waals surface area contributed by atoms with Gasteiger partial charge in [-0.1, -0.05) is 72.8 Å². The van der Waals surface area contributed by atoms with Crippen LogP contribution in [-0.2, 0) is 16.0 Å². The van der Waals surface area contributed by atoms with Gasteiger partial charge >= 0.3 is 0 Å². The summed E-state index contributed by atoms with van der Waals surface area (Å²) in [5.74, 6) is -0.127. The van der Waals surface area contributed by atoms with Gasteiger partial charge in [-0.15, -0.1) is 0 Å². The van der Waals surface area contributed by atoms with Crippen molar-refractivity contribution in [1.82, 2.24) is 10.6 Å². The Morgan fingerprint density at radius 2 is 1.72 bits per heavy atom. The Balaban J connectivity index is 1.27. The summed E-state index contributed by atoms with van der Waals surface area (Å²) in [6.45, 7) is 2.26. The molecule has 0 fully saturated rings. The Hall–Kier alpha value is -3.93. The number of fused-ring (bicyclic) bond motifs is 2. The minimum atomic E-state index is -0.652. The van der Waals surface area contributed by atoms with E-state index in [1.54, 1.807) is 6.92 Å². The Morgan fingerprint density at radius 3 is 2.56 bits per heavy atom. The second-order valence-electron chi connectivity index (χ2n) is 9.69. The van der Waals surface area contributed by atoms with Crippen LogP contribution in [0.15, 0.2) is 83.9 Å². The quantitative estimate of drug-likeness (QED) is 0.559. The van der Waals surface area contributed by atoms with Crippen molar-refractivity contribution in [1.29, 1.82) is 0 Å². The van der Waals surface area contributed by atoms with Crippen LogP contribution in [0.2, 0.25) is 0 Å². The molecular weight excluding hydrogens is 448 g/mol. The molecule has 2 amide bonds. The molecule has 0 radical (unpaired) electrons. The number of amides is 2. The van der Waals surface area contributed by atoms with Gasteiger partial charge in [0.1, 0.15) is 12.2 Å². The molecule has 2 aliphatic rings. The number of hydrogen-bond donors (Lipinski definition) is 2. The Bertz CT molecular complexity index is 1290. The van der Waals surface area contributed by atoms with Gasteiger partial charge in [0.2, 0.25) is 11.8 Å². The van der Waals surface area contributed by atoms with E-state index in [2.05, 4.69) is 39.8 Å². The Morgan fingerprint density at radius 1 is 1.00 bits per heavy atom. The number of aryl methyl sites for hydroxylation is 1. The number of nitrogens with one attached hydrogen (secondary N) is 2. The van der Waals surface area contributed by atoms with E-state index in [1.165, 1.54) is 11.1 Å².